The molecular formula is C24H25N3O4S. The van der Waals surface area contributed by atoms with Crippen LogP contribution in [0.25, 0.3) is 11.3 Å². The molecule has 2 aliphatic rings. The van der Waals surface area contributed by atoms with E-state index in [1.165, 1.54) is 11.3 Å². The Hall–Kier alpha value is -2.97. The van der Waals surface area contributed by atoms with E-state index in [0.717, 1.165) is 29.9 Å². The second-order valence-corrected chi connectivity index (χ2v) is 9.26. The first-order valence-electron chi connectivity index (χ1n) is 10.8. The number of amides is 2. The van der Waals surface area contributed by atoms with E-state index in [9.17, 15) is 14.7 Å². The van der Waals surface area contributed by atoms with Crippen LogP contribution in [-0.4, -0.2) is 45.5 Å². The fourth-order valence-corrected chi connectivity index (χ4v) is 5.94. The predicted octanol–water partition coefficient (Wildman–Crippen LogP) is 3.00. The number of rotatable bonds is 7. The summed E-state index contributed by atoms with van der Waals surface area (Å²) in [7, 11) is 0. The summed E-state index contributed by atoms with van der Waals surface area (Å²) < 4.78 is 5.94. The first-order chi connectivity index (χ1) is 15.6. The fraction of sp³-hybridized carbons (Fsp3) is 0.375. The van der Waals surface area contributed by atoms with Crippen LogP contribution in [0.4, 0.5) is 0 Å². The van der Waals surface area contributed by atoms with Crippen LogP contribution in [0.2, 0.25) is 0 Å². The third-order valence-corrected chi connectivity index (χ3v) is 7.37. The number of nitrogens with one attached hydrogen (secondary N) is 1. The Labute approximate surface area is 190 Å². The standard InChI is InChI=1S/C24H25N3O4S/c28-13-22(29)27-18-6-9-21(27)24(11-18,10-17-14-32-15-26-17)23(30)25-12-19-7-8-20(31-19)16-4-2-1-3-5-16/h1-5,7-8,14-15,18,21,28H,6,9-13H2,(H,25,30)/t18-,21+,24+/m1/s1. The number of fused-ring (bicyclic) bond motifs is 2. The summed E-state index contributed by atoms with van der Waals surface area (Å²) >= 11 is 1.50. The van der Waals surface area contributed by atoms with Crippen molar-refractivity contribution in [2.75, 3.05) is 6.61 Å². The third kappa shape index (κ3) is 3.63. The normalized spacial score (nSPS) is 24.1. The number of furan rings is 1. The molecular weight excluding hydrogens is 426 g/mol. The summed E-state index contributed by atoms with van der Waals surface area (Å²) in [6, 6.07) is 13.3. The maximum Gasteiger partial charge on any atom is 0.248 e. The zero-order chi connectivity index (χ0) is 22.1. The van der Waals surface area contributed by atoms with Crippen LogP contribution in [-0.2, 0) is 22.6 Å². The molecule has 2 N–H and O–H groups in total. The third-order valence-electron chi connectivity index (χ3n) is 6.74. The molecule has 2 fully saturated rings. The van der Waals surface area contributed by atoms with E-state index in [-0.39, 0.29) is 30.4 Å². The molecule has 4 heterocycles. The van der Waals surface area contributed by atoms with Crippen molar-refractivity contribution in [1.82, 2.24) is 15.2 Å². The summed E-state index contributed by atoms with van der Waals surface area (Å²) in [5.74, 6) is 1.04. The van der Waals surface area contributed by atoms with Crippen molar-refractivity contribution >= 4 is 23.2 Å². The molecule has 3 aromatic rings. The molecule has 5 rings (SSSR count). The van der Waals surface area contributed by atoms with E-state index in [2.05, 4.69) is 10.3 Å². The smallest absolute Gasteiger partial charge is 0.248 e. The topological polar surface area (TPSA) is 95.7 Å². The van der Waals surface area contributed by atoms with Gasteiger partial charge in [-0.1, -0.05) is 30.3 Å². The Morgan fingerprint density at radius 1 is 1.22 bits per heavy atom. The van der Waals surface area contributed by atoms with Crippen molar-refractivity contribution in [2.45, 2.75) is 44.3 Å². The van der Waals surface area contributed by atoms with Gasteiger partial charge in [0.15, 0.2) is 0 Å². The zero-order valence-electron chi connectivity index (χ0n) is 17.6. The summed E-state index contributed by atoms with van der Waals surface area (Å²) in [5.41, 5.74) is 2.85. The van der Waals surface area contributed by atoms with Gasteiger partial charge in [0.05, 0.1) is 23.2 Å². The molecule has 2 saturated heterocycles. The van der Waals surface area contributed by atoms with Gasteiger partial charge in [-0.05, 0) is 31.4 Å². The Balaban J connectivity index is 1.35. The molecule has 1 aromatic carbocycles. The van der Waals surface area contributed by atoms with E-state index in [1.807, 2.05) is 47.8 Å². The minimum Gasteiger partial charge on any atom is -0.459 e. The molecule has 32 heavy (non-hydrogen) atoms. The lowest BCUT2D eigenvalue weighted by atomic mass is 9.70. The Morgan fingerprint density at radius 3 is 2.81 bits per heavy atom. The van der Waals surface area contributed by atoms with Crippen LogP contribution in [0, 0.1) is 5.41 Å². The molecule has 2 bridgehead atoms. The number of carbonyl (C=O) groups is 2. The predicted molar refractivity (Wildman–Crippen MR) is 120 cm³/mol. The first-order valence-corrected chi connectivity index (χ1v) is 11.8. The first kappa shape index (κ1) is 20.9. The monoisotopic (exact) mass is 451 g/mol. The van der Waals surface area contributed by atoms with Crippen molar-refractivity contribution in [3.63, 3.8) is 0 Å². The quantitative estimate of drug-likeness (QED) is 0.576. The molecule has 0 saturated carbocycles. The van der Waals surface area contributed by atoms with Gasteiger partial charge in [0, 0.05) is 29.4 Å². The van der Waals surface area contributed by atoms with Gasteiger partial charge < -0.3 is 19.7 Å². The fourth-order valence-electron chi connectivity index (χ4n) is 5.38. The Kier molecular flexibility index (Phi) is 5.57. The molecule has 2 amide bonds. The molecule has 0 aliphatic carbocycles. The molecule has 0 radical (unpaired) electrons. The SMILES string of the molecule is O=C(CO)N1[C@@H]2CC[C@H]1[C@@](Cc1cscn1)(C(=O)NCc1ccc(-c3ccccc3)o1)C2. The van der Waals surface area contributed by atoms with Crippen LogP contribution in [0.1, 0.15) is 30.7 Å². The van der Waals surface area contributed by atoms with Crippen LogP contribution in [0.15, 0.2) is 57.8 Å². The summed E-state index contributed by atoms with van der Waals surface area (Å²) in [6.07, 6.45) is 2.68. The summed E-state index contributed by atoms with van der Waals surface area (Å²) in [4.78, 5) is 32.2. The summed E-state index contributed by atoms with van der Waals surface area (Å²) in [6.45, 7) is -0.258. The second kappa shape index (κ2) is 8.52. The average molecular weight is 452 g/mol. The van der Waals surface area contributed by atoms with E-state index in [4.69, 9.17) is 4.42 Å². The molecule has 2 aromatic heterocycles. The van der Waals surface area contributed by atoms with Crippen molar-refractivity contribution in [2.24, 2.45) is 5.41 Å². The van der Waals surface area contributed by atoms with Crippen molar-refractivity contribution < 1.29 is 19.1 Å². The van der Waals surface area contributed by atoms with E-state index < -0.39 is 12.0 Å². The number of aliphatic hydroxyl groups is 1. The lowest BCUT2D eigenvalue weighted by Crippen LogP contribution is -2.51. The van der Waals surface area contributed by atoms with Gasteiger partial charge in [0.25, 0.3) is 0 Å². The van der Waals surface area contributed by atoms with Gasteiger partial charge in [0.1, 0.15) is 18.1 Å². The molecule has 2 aliphatic heterocycles. The van der Waals surface area contributed by atoms with Crippen molar-refractivity contribution in [3.8, 4) is 11.3 Å². The minimum absolute atomic E-state index is 0.0164. The van der Waals surface area contributed by atoms with Crippen LogP contribution in [0.3, 0.4) is 0 Å². The Bertz CT molecular complexity index is 1100. The second-order valence-electron chi connectivity index (χ2n) is 8.54. The average Bonchev–Trinajstić information content (AvgIpc) is 3.62. The molecule has 0 spiro atoms. The molecule has 3 atom stereocenters. The Morgan fingerprint density at radius 2 is 2.06 bits per heavy atom. The van der Waals surface area contributed by atoms with Gasteiger partial charge in [-0.15, -0.1) is 11.3 Å². The highest BCUT2D eigenvalue weighted by Gasteiger charge is 2.61. The lowest BCUT2D eigenvalue weighted by molar-refractivity contribution is -0.138. The molecule has 8 heteroatoms. The van der Waals surface area contributed by atoms with Crippen molar-refractivity contribution in [1.29, 1.82) is 0 Å². The highest BCUT2D eigenvalue weighted by atomic mass is 32.1. The lowest BCUT2D eigenvalue weighted by Gasteiger charge is -2.35. The minimum atomic E-state index is -0.753. The number of thiazole rings is 1. The zero-order valence-corrected chi connectivity index (χ0v) is 18.4. The number of nitrogens with zero attached hydrogens (tertiary/aromatic N) is 2. The molecule has 7 nitrogen and oxygen atoms in total. The van der Waals surface area contributed by atoms with Crippen LogP contribution >= 0.6 is 11.3 Å². The highest BCUT2D eigenvalue weighted by molar-refractivity contribution is 7.07. The van der Waals surface area contributed by atoms with Gasteiger partial charge in [-0.3, -0.25) is 9.59 Å². The highest BCUT2D eigenvalue weighted by Crippen LogP contribution is 2.51. The summed E-state index contributed by atoms with van der Waals surface area (Å²) in [5, 5.41) is 14.5. The largest absolute Gasteiger partial charge is 0.459 e. The van der Waals surface area contributed by atoms with Gasteiger partial charge in [-0.2, -0.15) is 0 Å². The van der Waals surface area contributed by atoms with E-state index >= 15 is 0 Å². The maximum atomic E-state index is 13.6. The van der Waals surface area contributed by atoms with Gasteiger partial charge in [0.2, 0.25) is 11.8 Å². The number of hydrogen-bond donors (Lipinski definition) is 2. The maximum absolute atomic E-state index is 13.6. The number of hydrogen-bond acceptors (Lipinski definition) is 6. The molecule has 166 valence electrons. The number of aliphatic hydroxyl groups excluding tert-OH is 1. The van der Waals surface area contributed by atoms with Crippen LogP contribution < -0.4 is 5.32 Å². The van der Waals surface area contributed by atoms with Crippen molar-refractivity contribution in [3.05, 3.63) is 64.8 Å². The van der Waals surface area contributed by atoms with E-state index in [1.54, 1.807) is 10.4 Å². The van der Waals surface area contributed by atoms with Gasteiger partial charge >= 0.3 is 0 Å². The van der Waals surface area contributed by atoms with E-state index in [0.29, 0.717) is 18.6 Å². The number of benzene rings is 1. The number of carbonyl (C=O) groups excluding carboxylic acids is 2. The van der Waals surface area contributed by atoms with Crippen LogP contribution in [0.5, 0.6) is 0 Å². The number of aromatic nitrogens is 1. The van der Waals surface area contributed by atoms with Gasteiger partial charge in [-0.25, -0.2) is 4.98 Å². The molecule has 0 unspecified atom stereocenters.